The van der Waals surface area contributed by atoms with Crippen molar-refractivity contribution in [3.05, 3.63) is 0 Å². The van der Waals surface area contributed by atoms with E-state index in [-0.39, 0.29) is 24.0 Å². The molecular formula is C6H9NO3. The number of fused-ring (bicyclic) bond motifs is 1. The van der Waals surface area contributed by atoms with Gasteiger partial charge in [-0.1, -0.05) is 0 Å². The van der Waals surface area contributed by atoms with Gasteiger partial charge in [0.25, 0.3) is 0 Å². The van der Waals surface area contributed by atoms with Gasteiger partial charge in [-0.2, -0.15) is 0 Å². The molecule has 1 saturated carbocycles. The third-order valence-corrected chi connectivity index (χ3v) is 1.92. The monoisotopic (exact) mass is 143 g/mol. The normalized spacial score (nSPS) is 44.2. The first-order chi connectivity index (χ1) is 4.80. The van der Waals surface area contributed by atoms with Crippen LogP contribution in [0.15, 0.2) is 0 Å². The number of hydrogen-bond donors (Lipinski definition) is 1. The Morgan fingerprint density at radius 2 is 1.80 bits per heavy atom. The van der Waals surface area contributed by atoms with Gasteiger partial charge in [-0.15, -0.1) is 0 Å². The molecule has 0 radical (unpaired) electrons. The van der Waals surface area contributed by atoms with E-state index in [1.54, 1.807) is 0 Å². The van der Waals surface area contributed by atoms with Gasteiger partial charge in [-0.25, -0.2) is 0 Å². The molecule has 0 aromatic rings. The number of primary amides is 1. The fraction of sp³-hybridized carbons (Fsp3) is 0.833. The van der Waals surface area contributed by atoms with Crippen LogP contribution in [0.25, 0.3) is 0 Å². The molecule has 1 unspecified atom stereocenters. The molecule has 2 rings (SSSR count). The molecule has 56 valence electrons. The first-order valence-corrected chi connectivity index (χ1v) is 3.33. The Labute approximate surface area is 58.3 Å². The van der Waals surface area contributed by atoms with Gasteiger partial charge >= 0.3 is 0 Å². The van der Waals surface area contributed by atoms with Crippen molar-refractivity contribution in [3.8, 4) is 0 Å². The number of rotatable bonds is 1. The molecule has 1 saturated heterocycles. The predicted octanol–water partition coefficient (Wildman–Crippen LogP) is -1.11. The van der Waals surface area contributed by atoms with Crippen LogP contribution in [0, 0.1) is 5.92 Å². The van der Waals surface area contributed by atoms with E-state index in [0.717, 1.165) is 0 Å². The average Bonchev–Trinajstić information content (AvgIpc) is 2.60. The molecule has 2 fully saturated rings. The lowest BCUT2D eigenvalue weighted by Gasteiger charge is -2.08. The summed E-state index contributed by atoms with van der Waals surface area (Å²) in [6.07, 6.45) is -0.0718. The zero-order valence-electron chi connectivity index (χ0n) is 5.45. The highest BCUT2D eigenvalue weighted by Crippen LogP contribution is 2.39. The van der Waals surface area contributed by atoms with Gasteiger partial charge in [-0.05, 0) is 0 Å². The third kappa shape index (κ3) is 0.726. The van der Waals surface area contributed by atoms with E-state index >= 15 is 0 Å². The Hall–Kier alpha value is -0.610. The van der Waals surface area contributed by atoms with Crippen LogP contribution in [0.3, 0.4) is 0 Å². The second-order valence-electron chi connectivity index (χ2n) is 2.60. The molecule has 2 aliphatic rings. The van der Waals surface area contributed by atoms with Crippen molar-refractivity contribution in [1.29, 1.82) is 0 Å². The van der Waals surface area contributed by atoms with E-state index in [4.69, 9.17) is 15.2 Å². The van der Waals surface area contributed by atoms with Crippen molar-refractivity contribution in [2.75, 3.05) is 13.2 Å². The summed E-state index contributed by atoms with van der Waals surface area (Å²) in [5.41, 5.74) is 5.06. The summed E-state index contributed by atoms with van der Waals surface area (Å²) in [4.78, 5) is 10.6. The summed E-state index contributed by atoms with van der Waals surface area (Å²) in [5, 5.41) is 0. The maximum atomic E-state index is 10.6. The first-order valence-electron chi connectivity index (χ1n) is 3.33. The maximum absolute atomic E-state index is 10.6. The molecule has 4 nitrogen and oxygen atoms in total. The minimum Gasteiger partial charge on any atom is -0.372 e. The highest BCUT2D eigenvalue weighted by atomic mass is 16.6. The lowest BCUT2D eigenvalue weighted by atomic mass is 10.4. The second kappa shape index (κ2) is 1.93. The molecule has 0 spiro atoms. The number of ether oxygens (including phenoxy) is 2. The fourth-order valence-electron chi connectivity index (χ4n) is 1.35. The topological polar surface area (TPSA) is 61.6 Å². The van der Waals surface area contributed by atoms with Crippen LogP contribution in [0.4, 0.5) is 0 Å². The summed E-state index contributed by atoms with van der Waals surface area (Å²) < 4.78 is 10.4. The van der Waals surface area contributed by atoms with Gasteiger partial charge in [-0.3, -0.25) is 4.79 Å². The van der Waals surface area contributed by atoms with Crippen LogP contribution in [0.1, 0.15) is 0 Å². The van der Waals surface area contributed by atoms with Gasteiger partial charge in [0.05, 0.1) is 31.3 Å². The van der Waals surface area contributed by atoms with Gasteiger partial charge in [0.15, 0.2) is 0 Å². The number of amides is 1. The highest BCUT2D eigenvalue weighted by molar-refractivity contribution is 5.81. The molecule has 0 aromatic heterocycles. The lowest BCUT2D eigenvalue weighted by molar-refractivity contribution is -0.120. The van der Waals surface area contributed by atoms with Crippen molar-refractivity contribution >= 4 is 5.91 Å². The summed E-state index contributed by atoms with van der Waals surface area (Å²) in [6, 6.07) is 0. The van der Waals surface area contributed by atoms with Gasteiger partial charge in [0.2, 0.25) is 5.91 Å². The molecule has 1 heterocycles. The van der Waals surface area contributed by atoms with Gasteiger partial charge in [0, 0.05) is 0 Å². The van der Waals surface area contributed by atoms with Gasteiger partial charge in [0.1, 0.15) is 0 Å². The minimum absolute atomic E-state index is 0.0359. The summed E-state index contributed by atoms with van der Waals surface area (Å²) in [7, 11) is 0. The van der Waals surface area contributed by atoms with Crippen molar-refractivity contribution in [1.82, 2.24) is 0 Å². The van der Waals surface area contributed by atoms with Crippen molar-refractivity contribution < 1.29 is 14.3 Å². The third-order valence-electron chi connectivity index (χ3n) is 1.92. The Kier molecular flexibility index (Phi) is 1.18. The smallest absolute Gasteiger partial charge is 0.226 e. The van der Waals surface area contributed by atoms with E-state index in [1.165, 1.54) is 0 Å². The number of hydrogen-bond acceptors (Lipinski definition) is 3. The molecule has 0 aromatic carbocycles. The quantitative estimate of drug-likeness (QED) is 0.506. The van der Waals surface area contributed by atoms with Crippen molar-refractivity contribution in [2.45, 2.75) is 12.2 Å². The van der Waals surface area contributed by atoms with Crippen LogP contribution in [0.5, 0.6) is 0 Å². The molecule has 10 heavy (non-hydrogen) atoms. The average molecular weight is 143 g/mol. The van der Waals surface area contributed by atoms with Crippen LogP contribution in [-0.2, 0) is 14.3 Å². The fourth-order valence-corrected chi connectivity index (χ4v) is 1.35. The summed E-state index contributed by atoms with van der Waals surface area (Å²) in [5.74, 6) is -0.487. The SMILES string of the molecule is NC(=O)C1[C@H]2OCCO[C@@H]12. The van der Waals surface area contributed by atoms with E-state index in [2.05, 4.69) is 0 Å². The number of carbonyl (C=O) groups excluding carboxylic acids is 1. The molecule has 4 heteroatoms. The van der Waals surface area contributed by atoms with Crippen molar-refractivity contribution in [3.63, 3.8) is 0 Å². The van der Waals surface area contributed by atoms with Crippen molar-refractivity contribution in [2.24, 2.45) is 11.7 Å². The number of nitrogens with two attached hydrogens (primary N) is 1. The van der Waals surface area contributed by atoms with Crippen LogP contribution >= 0.6 is 0 Å². The Morgan fingerprint density at radius 3 is 2.20 bits per heavy atom. The molecular weight excluding hydrogens is 134 g/mol. The zero-order chi connectivity index (χ0) is 7.14. The van der Waals surface area contributed by atoms with Crippen LogP contribution in [-0.4, -0.2) is 31.3 Å². The molecule has 1 amide bonds. The van der Waals surface area contributed by atoms with E-state index < -0.39 is 0 Å². The lowest BCUT2D eigenvalue weighted by Crippen LogP contribution is -2.16. The molecule has 1 aliphatic heterocycles. The van der Waals surface area contributed by atoms with E-state index in [9.17, 15) is 4.79 Å². The van der Waals surface area contributed by atoms with E-state index in [1.807, 2.05) is 0 Å². The predicted molar refractivity (Wildman–Crippen MR) is 32.2 cm³/mol. The Morgan fingerprint density at radius 1 is 1.30 bits per heavy atom. The molecule has 0 bridgehead atoms. The zero-order valence-corrected chi connectivity index (χ0v) is 5.45. The summed E-state index contributed by atoms with van der Waals surface area (Å²) in [6.45, 7) is 1.18. The first kappa shape index (κ1) is 6.12. The van der Waals surface area contributed by atoms with Crippen LogP contribution in [0.2, 0.25) is 0 Å². The van der Waals surface area contributed by atoms with E-state index in [0.29, 0.717) is 13.2 Å². The minimum atomic E-state index is -0.308. The maximum Gasteiger partial charge on any atom is 0.226 e. The molecule has 1 aliphatic carbocycles. The Bertz CT molecular complexity index is 158. The summed E-state index contributed by atoms with van der Waals surface area (Å²) >= 11 is 0. The molecule has 3 atom stereocenters. The Balaban J connectivity index is 1.99. The standard InChI is InChI=1S/C6H9NO3/c7-6(8)3-4-5(3)10-2-1-9-4/h3-5H,1-2H2,(H2,7,8)/t3?,4-,5+. The number of carbonyl (C=O) groups is 1. The van der Waals surface area contributed by atoms with Crippen LogP contribution < -0.4 is 5.73 Å². The van der Waals surface area contributed by atoms with Gasteiger partial charge < -0.3 is 15.2 Å². The second-order valence-corrected chi connectivity index (χ2v) is 2.60. The highest BCUT2D eigenvalue weighted by Gasteiger charge is 2.58. The molecule has 2 N–H and O–H groups in total. The largest absolute Gasteiger partial charge is 0.372 e.